The van der Waals surface area contributed by atoms with Crippen LogP contribution in [0.5, 0.6) is 0 Å². The van der Waals surface area contributed by atoms with Crippen molar-refractivity contribution in [3.8, 4) is 0 Å². The molecule has 11 heteroatoms. The van der Waals surface area contributed by atoms with Gasteiger partial charge in [-0.05, 0) is 0 Å². The van der Waals surface area contributed by atoms with Gasteiger partial charge in [-0.1, -0.05) is 0 Å². The van der Waals surface area contributed by atoms with Crippen molar-refractivity contribution in [2.24, 2.45) is 0 Å². The van der Waals surface area contributed by atoms with Gasteiger partial charge in [0.05, 0.1) is 5.09 Å². The summed E-state index contributed by atoms with van der Waals surface area (Å²) in [5.74, 6) is 0. The molecule has 11 heavy (non-hydrogen) atoms. The van der Waals surface area contributed by atoms with E-state index in [0.29, 0.717) is 0 Å². The number of hydrogen-bond donors (Lipinski definition) is 0. The van der Waals surface area contributed by atoms with E-state index in [-0.39, 0.29) is 93.1 Å². The molecule has 0 aliphatic rings. The van der Waals surface area contributed by atoms with Crippen LogP contribution < -0.4 is 59.7 Å². The molecule has 0 aliphatic carbocycles. The fraction of sp³-hybridized carbons (Fsp3) is 0. The first-order valence-corrected chi connectivity index (χ1v) is 3.30. The summed E-state index contributed by atoms with van der Waals surface area (Å²) in [7, 11) is 0. The SMILES string of the molecule is O=[N+]([O-])[O-].[Ce+3].[K+].[O]=[Cr](=[O])([O-])[O-]. The van der Waals surface area contributed by atoms with E-state index in [0.717, 1.165) is 0 Å². The number of hydrogen-bond acceptors (Lipinski definition) is 7. The molecule has 8 nitrogen and oxygen atoms in total. The average molecular weight is 357 g/mol. The maximum atomic E-state index is 8.59. The van der Waals surface area contributed by atoms with E-state index in [1.165, 1.54) is 0 Å². The Kier molecular flexibility index (Phi) is 25.9. The quantitative estimate of drug-likeness (QED) is 0.238. The van der Waals surface area contributed by atoms with Crippen LogP contribution in [-0.2, 0) is 21.2 Å². The van der Waals surface area contributed by atoms with Crippen molar-refractivity contribution < 1.29 is 128 Å². The van der Waals surface area contributed by atoms with Crippen molar-refractivity contribution in [3.63, 3.8) is 0 Å². The topological polar surface area (TPSA) is 146 Å². The molecule has 0 N–H and O–H groups in total. The van der Waals surface area contributed by atoms with Crippen LogP contribution in [0.1, 0.15) is 0 Å². The van der Waals surface area contributed by atoms with Crippen molar-refractivity contribution in [3.05, 3.63) is 15.3 Å². The third-order valence-electron chi connectivity index (χ3n) is 0. The molecule has 0 bridgehead atoms. The van der Waals surface area contributed by atoms with Crippen LogP contribution in [0.15, 0.2) is 0 Å². The third kappa shape index (κ3) is 252. The zero-order valence-electron chi connectivity index (χ0n) is 5.21. The van der Waals surface area contributed by atoms with Crippen molar-refractivity contribution in [2.45, 2.75) is 0 Å². The van der Waals surface area contributed by atoms with Gasteiger partial charge < -0.3 is 15.3 Å². The first kappa shape index (κ1) is 23.2. The van der Waals surface area contributed by atoms with E-state index in [1.54, 1.807) is 0 Å². The zero-order chi connectivity index (χ0) is 8.08. The Balaban J connectivity index is -0.0000000383. The van der Waals surface area contributed by atoms with Crippen molar-refractivity contribution in [2.75, 3.05) is 0 Å². The second kappa shape index (κ2) is 12.3. The minimum atomic E-state index is -5.75. The molecule has 0 saturated heterocycles. The molecule has 1 radical (unpaired) electrons. The fourth-order valence-corrected chi connectivity index (χ4v) is 0. The molecule has 0 atom stereocenters. The van der Waals surface area contributed by atoms with Crippen molar-refractivity contribution >= 4 is 0 Å². The van der Waals surface area contributed by atoms with Gasteiger partial charge >= 0.3 is 123 Å². The Labute approximate surface area is 140 Å². The second-order valence-corrected chi connectivity index (χ2v) is 1.91. The van der Waals surface area contributed by atoms with Gasteiger partial charge in [0.15, 0.2) is 0 Å². The molecule has 0 unspecified atom stereocenters. The van der Waals surface area contributed by atoms with Crippen LogP contribution >= 0.6 is 0 Å². The fourth-order valence-electron chi connectivity index (χ4n) is 0. The molecule has 0 aromatic heterocycles. The van der Waals surface area contributed by atoms with Gasteiger partial charge in [0.25, 0.3) is 0 Å². The maximum absolute atomic E-state index is 8.59. The first-order valence-electron chi connectivity index (χ1n) is 1.21. The molecular weight excluding hydrogens is 357 g/mol. The van der Waals surface area contributed by atoms with E-state index in [1.807, 2.05) is 0 Å². The number of rotatable bonds is 0. The van der Waals surface area contributed by atoms with Gasteiger partial charge in [-0.2, -0.15) is 0 Å². The summed E-state index contributed by atoms with van der Waals surface area (Å²) >= 11 is -5.75. The molecule has 0 fully saturated rings. The van der Waals surface area contributed by atoms with Crippen LogP contribution in [0, 0.1) is 57.1 Å². The third-order valence-corrected chi connectivity index (χ3v) is 0. The van der Waals surface area contributed by atoms with Gasteiger partial charge in [-0.3, -0.25) is 0 Å². The summed E-state index contributed by atoms with van der Waals surface area (Å²) in [5, 5.41) is 14.8. The summed E-state index contributed by atoms with van der Waals surface area (Å²) in [5.41, 5.74) is 0. The Bertz CT molecular complexity index is 161. The molecule has 0 saturated carbocycles. The van der Waals surface area contributed by atoms with E-state index in [2.05, 4.69) is 0 Å². The Morgan fingerprint density at radius 3 is 1.09 bits per heavy atom. The summed E-state index contributed by atoms with van der Waals surface area (Å²) < 4.78 is 34.4. The first-order chi connectivity index (χ1) is 3.73. The normalized spacial score (nSPS) is 7.45. The average Bonchev–Trinajstić information content (AvgIpc) is 1.19. The molecule has 0 aromatic carbocycles. The van der Waals surface area contributed by atoms with E-state index < -0.39 is 18.7 Å². The van der Waals surface area contributed by atoms with E-state index in [9.17, 15) is 0 Å². The van der Waals surface area contributed by atoms with Gasteiger partial charge in [0, 0.05) is 0 Å². The van der Waals surface area contributed by atoms with Crippen molar-refractivity contribution in [1.82, 2.24) is 0 Å². The second-order valence-electron chi connectivity index (χ2n) is 0.632. The van der Waals surface area contributed by atoms with Crippen molar-refractivity contribution in [1.29, 1.82) is 0 Å². The molecule has 0 aliphatic heterocycles. The molecular formula is CeCrKNO7+. The molecule has 57 valence electrons. The van der Waals surface area contributed by atoms with Gasteiger partial charge in [0.2, 0.25) is 0 Å². The summed E-state index contributed by atoms with van der Waals surface area (Å²) in [6.45, 7) is 0. The molecule has 0 amide bonds. The summed E-state index contributed by atoms with van der Waals surface area (Å²) in [6.07, 6.45) is 0. The minimum absolute atomic E-state index is 0. The van der Waals surface area contributed by atoms with Crippen LogP contribution in [0.2, 0.25) is 0 Å². The van der Waals surface area contributed by atoms with Gasteiger partial charge in [0.1, 0.15) is 0 Å². The van der Waals surface area contributed by atoms with Crippen LogP contribution in [0.25, 0.3) is 0 Å². The Hall–Kier alpha value is 2.27. The number of nitrogens with zero attached hydrogens (tertiary/aromatic N) is 1. The Morgan fingerprint density at radius 1 is 1.09 bits per heavy atom. The van der Waals surface area contributed by atoms with Gasteiger partial charge in [-0.15, -0.1) is 0 Å². The van der Waals surface area contributed by atoms with Crippen LogP contribution in [0.3, 0.4) is 0 Å². The Morgan fingerprint density at radius 2 is 1.09 bits per heavy atom. The monoisotopic (exact) mass is 357 g/mol. The zero-order valence-corrected chi connectivity index (χ0v) is 12.8. The predicted molar refractivity (Wildman–Crippen MR) is 11.7 cm³/mol. The van der Waals surface area contributed by atoms with Crippen LogP contribution in [-0.4, -0.2) is 5.09 Å². The predicted octanol–water partition coefficient (Wildman–Crippen LogP) is -5.85. The molecule has 0 aromatic rings. The van der Waals surface area contributed by atoms with E-state index >= 15 is 0 Å². The molecule has 0 rings (SSSR count). The summed E-state index contributed by atoms with van der Waals surface area (Å²) in [4.78, 5) is 8.25. The molecule has 0 heterocycles. The van der Waals surface area contributed by atoms with Gasteiger partial charge in [-0.25, -0.2) is 0 Å². The van der Waals surface area contributed by atoms with E-state index in [4.69, 9.17) is 31.2 Å². The van der Waals surface area contributed by atoms with Crippen LogP contribution in [0.4, 0.5) is 0 Å². The summed E-state index contributed by atoms with van der Waals surface area (Å²) in [6, 6.07) is 0. The molecule has 0 spiro atoms. The standard InChI is InChI=1S/Ce.Cr.K.NO3.4O/c;;;2-1(3)4;;;;/q+3;;+1;-1;;;2*-1.